The van der Waals surface area contributed by atoms with Gasteiger partial charge in [0.05, 0.1) is 12.5 Å². The molecule has 0 aliphatic heterocycles. The number of halogens is 1. The molecule has 1 aromatic heterocycles. The summed E-state index contributed by atoms with van der Waals surface area (Å²) in [5, 5.41) is 0.420. The summed E-state index contributed by atoms with van der Waals surface area (Å²) in [4.78, 5) is 13.1. The number of hydrogen-bond donors (Lipinski definition) is 0. The zero-order valence-corrected chi connectivity index (χ0v) is 15.1. The third kappa shape index (κ3) is 3.34. The first-order chi connectivity index (χ1) is 13.7. The second kappa shape index (κ2) is 7.56. The summed E-state index contributed by atoms with van der Waals surface area (Å²) in [6.45, 7) is 0.204. The summed E-state index contributed by atoms with van der Waals surface area (Å²) in [5.74, 6) is -0.127. The van der Waals surface area contributed by atoms with Crippen LogP contribution in [0.3, 0.4) is 0 Å². The van der Waals surface area contributed by atoms with Gasteiger partial charge in [-0.3, -0.25) is 4.79 Å². The molecule has 0 atom stereocenters. The van der Waals surface area contributed by atoms with Crippen molar-refractivity contribution in [2.24, 2.45) is 0 Å². The molecule has 0 amide bonds. The minimum Gasteiger partial charge on any atom is -0.494 e. The van der Waals surface area contributed by atoms with Crippen LogP contribution in [-0.4, -0.2) is 7.11 Å². The van der Waals surface area contributed by atoms with Crippen LogP contribution in [0.1, 0.15) is 5.56 Å². The lowest BCUT2D eigenvalue weighted by Gasteiger charge is -2.12. The SMILES string of the molecule is COc1cc(-c2oc3ccccc3c(=O)c2OCc2ccccc2)ccc1F. The van der Waals surface area contributed by atoms with E-state index in [1.165, 1.54) is 25.3 Å². The van der Waals surface area contributed by atoms with E-state index in [-0.39, 0.29) is 29.3 Å². The number of para-hydroxylation sites is 1. The summed E-state index contributed by atoms with van der Waals surface area (Å²) >= 11 is 0. The van der Waals surface area contributed by atoms with Crippen molar-refractivity contribution in [1.82, 2.24) is 0 Å². The van der Waals surface area contributed by atoms with Gasteiger partial charge in [0.15, 0.2) is 17.3 Å². The zero-order valence-electron chi connectivity index (χ0n) is 15.1. The fraction of sp³-hybridized carbons (Fsp3) is 0.0870. The van der Waals surface area contributed by atoms with Crippen molar-refractivity contribution in [1.29, 1.82) is 0 Å². The Labute approximate surface area is 160 Å². The van der Waals surface area contributed by atoms with Crippen LogP contribution in [-0.2, 0) is 6.61 Å². The van der Waals surface area contributed by atoms with E-state index in [0.29, 0.717) is 16.5 Å². The standard InChI is InChI=1S/C23H17FO4/c1-26-20-13-16(11-12-18(20)24)22-23(27-14-15-7-3-2-4-8-15)21(25)17-9-5-6-10-19(17)28-22/h2-13H,14H2,1H3. The molecule has 0 spiro atoms. The van der Waals surface area contributed by atoms with Gasteiger partial charge < -0.3 is 13.9 Å². The second-order valence-corrected chi connectivity index (χ2v) is 6.21. The molecule has 0 unspecified atom stereocenters. The molecular weight excluding hydrogens is 359 g/mol. The summed E-state index contributed by atoms with van der Waals surface area (Å²) < 4.78 is 30.8. The van der Waals surface area contributed by atoms with Crippen molar-refractivity contribution in [3.05, 3.63) is 94.4 Å². The average molecular weight is 376 g/mol. The normalized spacial score (nSPS) is 10.8. The van der Waals surface area contributed by atoms with Gasteiger partial charge in [0.25, 0.3) is 0 Å². The van der Waals surface area contributed by atoms with Gasteiger partial charge in [0.1, 0.15) is 12.2 Å². The largest absolute Gasteiger partial charge is 0.494 e. The molecule has 0 aliphatic rings. The van der Waals surface area contributed by atoms with Crippen LogP contribution < -0.4 is 14.9 Å². The monoisotopic (exact) mass is 376 g/mol. The molecule has 4 rings (SSSR count). The smallest absolute Gasteiger partial charge is 0.235 e. The Morgan fingerprint density at radius 2 is 1.71 bits per heavy atom. The van der Waals surface area contributed by atoms with Crippen molar-refractivity contribution in [3.63, 3.8) is 0 Å². The molecule has 0 radical (unpaired) electrons. The van der Waals surface area contributed by atoms with Gasteiger partial charge in [-0.25, -0.2) is 4.39 Å². The van der Waals surface area contributed by atoms with Crippen LogP contribution in [0, 0.1) is 5.82 Å². The lowest BCUT2D eigenvalue weighted by molar-refractivity contribution is 0.298. The molecule has 5 heteroatoms. The van der Waals surface area contributed by atoms with Crippen LogP contribution in [0.15, 0.2) is 82.0 Å². The Kier molecular flexibility index (Phi) is 4.81. The Balaban J connectivity index is 1.87. The van der Waals surface area contributed by atoms with Crippen molar-refractivity contribution in [2.45, 2.75) is 6.61 Å². The summed E-state index contributed by atoms with van der Waals surface area (Å²) in [7, 11) is 1.38. The summed E-state index contributed by atoms with van der Waals surface area (Å²) in [5.41, 5.74) is 1.55. The number of fused-ring (bicyclic) bond motifs is 1. The highest BCUT2D eigenvalue weighted by molar-refractivity contribution is 5.82. The molecule has 28 heavy (non-hydrogen) atoms. The summed E-state index contributed by atoms with van der Waals surface area (Å²) in [6, 6.07) is 20.7. The van der Waals surface area contributed by atoms with Gasteiger partial charge in [-0.15, -0.1) is 0 Å². The van der Waals surface area contributed by atoms with E-state index in [4.69, 9.17) is 13.9 Å². The molecule has 0 bridgehead atoms. The maximum atomic E-state index is 13.8. The highest BCUT2D eigenvalue weighted by Crippen LogP contribution is 2.34. The van der Waals surface area contributed by atoms with E-state index in [9.17, 15) is 9.18 Å². The minimum absolute atomic E-state index is 0.0577. The lowest BCUT2D eigenvalue weighted by Crippen LogP contribution is -2.10. The van der Waals surface area contributed by atoms with E-state index in [0.717, 1.165) is 5.56 Å². The van der Waals surface area contributed by atoms with Crippen LogP contribution in [0.25, 0.3) is 22.3 Å². The summed E-state index contributed by atoms with van der Waals surface area (Å²) in [6.07, 6.45) is 0. The molecule has 1 heterocycles. The number of hydrogen-bond acceptors (Lipinski definition) is 4. The Morgan fingerprint density at radius 1 is 0.964 bits per heavy atom. The van der Waals surface area contributed by atoms with Crippen LogP contribution >= 0.6 is 0 Å². The Hall–Kier alpha value is -3.60. The molecule has 140 valence electrons. The molecule has 0 saturated carbocycles. The third-order valence-electron chi connectivity index (χ3n) is 4.40. The molecule has 0 fully saturated rings. The van der Waals surface area contributed by atoms with Gasteiger partial charge in [0, 0.05) is 5.56 Å². The van der Waals surface area contributed by atoms with Crippen molar-refractivity contribution >= 4 is 11.0 Å². The average Bonchev–Trinajstić information content (AvgIpc) is 2.74. The first-order valence-corrected chi connectivity index (χ1v) is 8.74. The molecule has 0 saturated heterocycles. The first-order valence-electron chi connectivity index (χ1n) is 8.74. The van der Waals surface area contributed by atoms with Crippen molar-refractivity contribution in [3.8, 4) is 22.8 Å². The van der Waals surface area contributed by atoms with E-state index >= 15 is 0 Å². The predicted octanol–water partition coefficient (Wildman–Crippen LogP) is 5.19. The Bertz CT molecular complexity index is 1180. The predicted molar refractivity (Wildman–Crippen MR) is 105 cm³/mol. The number of rotatable bonds is 5. The topological polar surface area (TPSA) is 48.7 Å². The molecular formula is C23H17FO4. The third-order valence-corrected chi connectivity index (χ3v) is 4.40. The van der Waals surface area contributed by atoms with E-state index in [2.05, 4.69) is 0 Å². The molecule has 0 aliphatic carbocycles. The quantitative estimate of drug-likeness (QED) is 0.481. The molecule has 3 aromatic carbocycles. The molecule has 4 nitrogen and oxygen atoms in total. The second-order valence-electron chi connectivity index (χ2n) is 6.21. The fourth-order valence-corrected chi connectivity index (χ4v) is 2.98. The maximum absolute atomic E-state index is 13.8. The minimum atomic E-state index is -0.499. The van der Waals surface area contributed by atoms with E-state index in [1.54, 1.807) is 24.3 Å². The van der Waals surface area contributed by atoms with Crippen LogP contribution in [0.2, 0.25) is 0 Å². The van der Waals surface area contributed by atoms with Crippen LogP contribution in [0.5, 0.6) is 11.5 Å². The van der Waals surface area contributed by atoms with Crippen molar-refractivity contribution in [2.75, 3.05) is 7.11 Å². The van der Waals surface area contributed by atoms with E-state index in [1.807, 2.05) is 30.3 Å². The number of methoxy groups -OCH3 is 1. The molecule has 0 N–H and O–H groups in total. The van der Waals surface area contributed by atoms with Gasteiger partial charge in [-0.2, -0.15) is 0 Å². The van der Waals surface area contributed by atoms with Gasteiger partial charge in [-0.1, -0.05) is 42.5 Å². The number of ether oxygens (including phenoxy) is 2. The van der Waals surface area contributed by atoms with Crippen molar-refractivity contribution < 1.29 is 18.3 Å². The zero-order chi connectivity index (χ0) is 19.5. The maximum Gasteiger partial charge on any atom is 0.235 e. The number of benzene rings is 3. The highest BCUT2D eigenvalue weighted by atomic mass is 19.1. The first kappa shape index (κ1) is 17.8. The fourth-order valence-electron chi connectivity index (χ4n) is 2.98. The molecule has 4 aromatic rings. The Morgan fingerprint density at radius 3 is 2.50 bits per heavy atom. The van der Waals surface area contributed by atoms with Gasteiger partial charge in [0.2, 0.25) is 11.2 Å². The van der Waals surface area contributed by atoms with Gasteiger partial charge >= 0.3 is 0 Å². The van der Waals surface area contributed by atoms with Crippen LogP contribution in [0.4, 0.5) is 4.39 Å². The highest BCUT2D eigenvalue weighted by Gasteiger charge is 2.19. The van der Waals surface area contributed by atoms with E-state index < -0.39 is 5.82 Å². The lowest BCUT2D eigenvalue weighted by atomic mass is 10.1. The van der Waals surface area contributed by atoms with Gasteiger partial charge in [-0.05, 0) is 35.9 Å².